The smallest absolute Gasteiger partial charge is 0.306 e. The Morgan fingerprint density at radius 2 is 0.506 bits per heavy atom. The van der Waals surface area contributed by atoms with Crippen LogP contribution >= 0.6 is 0 Å². The van der Waals surface area contributed by atoms with Crippen molar-refractivity contribution >= 4 is 17.9 Å². The number of esters is 3. The molecule has 0 saturated heterocycles. The van der Waals surface area contributed by atoms with E-state index in [1.807, 2.05) is 6.08 Å². The lowest BCUT2D eigenvalue weighted by molar-refractivity contribution is -0.166. The minimum absolute atomic E-state index is 0.120. The minimum atomic E-state index is -0.836. The van der Waals surface area contributed by atoms with Crippen molar-refractivity contribution in [3.63, 3.8) is 0 Å². The molecule has 6 nitrogen and oxygen atoms in total. The number of allylic oxidation sites excluding steroid dienone is 24. The van der Waals surface area contributed by atoms with Crippen molar-refractivity contribution in [3.05, 3.63) is 146 Å². The van der Waals surface area contributed by atoms with Crippen LogP contribution in [0.15, 0.2) is 146 Å². The molecule has 0 heterocycles. The monoisotopic (exact) mass is 1120 g/mol. The number of carbonyl (C=O) groups excluding carboxylic acids is 3. The molecule has 458 valence electrons. The number of unbranched alkanes of at least 4 members (excludes halogenated alkanes) is 24. The second kappa shape index (κ2) is 67.8. The van der Waals surface area contributed by atoms with Gasteiger partial charge in [-0.2, -0.15) is 0 Å². The highest BCUT2D eigenvalue weighted by Gasteiger charge is 2.19. The maximum Gasteiger partial charge on any atom is 0.306 e. The summed E-state index contributed by atoms with van der Waals surface area (Å²) in [6.45, 7) is 6.33. The standard InChI is InChI=1S/C75H122O6/c1-4-7-10-13-16-19-22-25-28-31-33-34-35-36-37-38-39-40-42-44-47-50-53-56-59-62-65-68-74(77)80-71-72(70-79-73(76)67-64-61-58-55-52-49-46-43-30-27-24-21-18-15-12-9-6-3)81-75(78)69-66-63-60-57-54-51-48-45-41-32-29-26-23-20-17-14-11-8-5-2/h8-9,11-12,17-18,20-22,25-27,29-31,33,41,45-46,49,51,54,60,63,72H,4-7,10,13-16,19,23-24,28,32,34-40,42-44,47-48,50,52-53,55-59,61-62,64-71H2,1-3H3/b11-8-,12-9-,20-17-,21-18-,25-22-,29-26-,30-27-,33-31-,45-41-,49-46-,54-51-,63-60-. The predicted octanol–water partition coefficient (Wildman–Crippen LogP) is 23.1. The number of hydrogen-bond acceptors (Lipinski definition) is 6. The molecule has 1 unspecified atom stereocenters. The van der Waals surface area contributed by atoms with Gasteiger partial charge in [0.05, 0.1) is 0 Å². The predicted molar refractivity (Wildman–Crippen MR) is 352 cm³/mol. The number of carbonyl (C=O) groups is 3. The lowest BCUT2D eigenvalue weighted by Crippen LogP contribution is -2.30. The van der Waals surface area contributed by atoms with Crippen LogP contribution in [0.3, 0.4) is 0 Å². The third-order valence-electron chi connectivity index (χ3n) is 13.8. The number of rotatable bonds is 59. The van der Waals surface area contributed by atoms with Crippen molar-refractivity contribution in [2.24, 2.45) is 0 Å². The van der Waals surface area contributed by atoms with Crippen molar-refractivity contribution in [1.29, 1.82) is 0 Å². The second-order valence-electron chi connectivity index (χ2n) is 21.6. The summed E-state index contributed by atoms with van der Waals surface area (Å²) in [5, 5.41) is 0. The normalized spacial score (nSPS) is 13.1. The molecule has 0 rings (SSSR count). The SMILES string of the molecule is CC/C=C\C/C=C\C/C=C\C/C=C\C/C=C\C/C=C\CCC(=O)OC(COC(=O)CCCCCC/C=C\C/C=C\C/C=C\C/C=C\CC)COC(=O)CCCCCCCCCCCCCCCCC/C=C\C/C=C\CCCCCCC. The molecular weight excluding hydrogens is 997 g/mol. The summed E-state index contributed by atoms with van der Waals surface area (Å²) in [7, 11) is 0. The molecule has 0 spiro atoms. The number of ether oxygens (including phenoxy) is 3. The molecule has 0 aromatic rings. The highest BCUT2D eigenvalue weighted by molar-refractivity contribution is 5.71. The largest absolute Gasteiger partial charge is 0.462 e. The molecule has 0 aliphatic heterocycles. The highest BCUT2D eigenvalue weighted by atomic mass is 16.6. The summed E-state index contributed by atoms with van der Waals surface area (Å²) in [6.07, 6.45) is 97.3. The quantitative estimate of drug-likeness (QED) is 0.0261. The van der Waals surface area contributed by atoms with E-state index in [1.165, 1.54) is 122 Å². The Kier molecular flexibility index (Phi) is 63.9. The van der Waals surface area contributed by atoms with Gasteiger partial charge in [-0.1, -0.05) is 289 Å². The average Bonchev–Trinajstić information content (AvgIpc) is 3.47. The van der Waals surface area contributed by atoms with Crippen LogP contribution < -0.4 is 0 Å². The molecule has 81 heavy (non-hydrogen) atoms. The molecule has 0 saturated carbocycles. The van der Waals surface area contributed by atoms with Gasteiger partial charge in [-0.05, 0) is 128 Å². The van der Waals surface area contributed by atoms with Gasteiger partial charge in [-0.25, -0.2) is 0 Å². The first-order valence-corrected chi connectivity index (χ1v) is 33.3. The molecule has 0 aliphatic carbocycles. The fourth-order valence-corrected chi connectivity index (χ4v) is 8.90. The van der Waals surface area contributed by atoms with Gasteiger partial charge in [0.2, 0.25) is 0 Å². The Morgan fingerprint density at radius 3 is 0.802 bits per heavy atom. The summed E-state index contributed by atoms with van der Waals surface area (Å²) in [5.74, 6) is -1.03. The molecule has 0 radical (unpaired) electrons. The lowest BCUT2D eigenvalue weighted by atomic mass is 10.0. The van der Waals surface area contributed by atoms with E-state index in [2.05, 4.69) is 161 Å². The number of hydrogen-bond donors (Lipinski definition) is 0. The minimum Gasteiger partial charge on any atom is -0.462 e. The zero-order valence-electron chi connectivity index (χ0n) is 52.5. The summed E-state index contributed by atoms with van der Waals surface area (Å²) in [6, 6.07) is 0. The van der Waals surface area contributed by atoms with E-state index in [1.54, 1.807) is 0 Å². The third kappa shape index (κ3) is 66.0. The molecule has 0 aromatic carbocycles. The van der Waals surface area contributed by atoms with E-state index >= 15 is 0 Å². The summed E-state index contributed by atoms with van der Waals surface area (Å²) >= 11 is 0. The Bertz CT molecular complexity index is 1760. The molecule has 0 N–H and O–H groups in total. The van der Waals surface area contributed by atoms with Gasteiger partial charge < -0.3 is 14.2 Å². The van der Waals surface area contributed by atoms with E-state index in [4.69, 9.17) is 14.2 Å². The first-order chi connectivity index (χ1) is 40.0. The first kappa shape index (κ1) is 76.3. The zero-order chi connectivity index (χ0) is 58.5. The Labute approximate surface area is 499 Å². The van der Waals surface area contributed by atoms with Gasteiger partial charge in [0.1, 0.15) is 13.2 Å². The fraction of sp³-hybridized carbons (Fsp3) is 0.640. The molecule has 0 amide bonds. The van der Waals surface area contributed by atoms with Crippen LogP contribution in [0, 0.1) is 0 Å². The summed E-state index contributed by atoms with van der Waals surface area (Å²) < 4.78 is 16.9. The molecular formula is C75H122O6. The van der Waals surface area contributed by atoms with Crippen molar-refractivity contribution in [1.82, 2.24) is 0 Å². The van der Waals surface area contributed by atoms with Crippen LogP contribution in [-0.4, -0.2) is 37.2 Å². The van der Waals surface area contributed by atoms with Crippen LogP contribution in [0.1, 0.15) is 290 Å². The Hall–Kier alpha value is -4.71. The van der Waals surface area contributed by atoms with Crippen LogP contribution in [-0.2, 0) is 28.6 Å². The van der Waals surface area contributed by atoms with Crippen molar-refractivity contribution in [3.8, 4) is 0 Å². The third-order valence-corrected chi connectivity index (χ3v) is 13.8. The van der Waals surface area contributed by atoms with Crippen molar-refractivity contribution in [2.45, 2.75) is 297 Å². The Morgan fingerprint density at radius 1 is 0.259 bits per heavy atom. The van der Waals surface area contributed by atoms with Gasteiger partial charge in [0, 0.05) is 19.3 Å². The summed E-state index contributed by atoms with van der Waals surface area (Å²) in [5.41, 5.74) is 0. The van der Waals surface area contributed by atoms with Crippen LogP contribution in [0.5, 0.6) is 0 Å². The van der Waals surface area contributed by atoms with Crippen LogP contribution in [0.4, 0.5) is 0 Å². The molecule has 0 aromatic heterocycles. The van der Waals surface area contributed by atoms with E-state index in [0.717, 1.165) is 122 Å². The van der Waals surface area contributed by atoms with Gasteiger partial charge in [0.25, 0.3) is 0 Å². The zero-order valence-corrected chi connectivity index (χ0v) is 52.5. The fourth-order valence-electron chi connectivity index (χ4n) is 8.90. The maximum atomic E-state index is 12.9. The topological polar surface area (TPSA) is 78.9 Å². The van der Waals surface area contributed by atoms with E-state index < -0.39 is 12.1 Å². The molecule has 0 fully saturated rings. The molecule has 6 heteroatoms. The van der Waals surface area contributed by atoms with Crippen molar-refractivity contribution in [2.75, 3.05) is 13.2 Å². The van der Waals surface area contributed by atoms with E-state index in [-0.39, 0.29) is 31.6 Å². The van der Waals surface area contributed by atoms with Crippen LogP contribution in [0.2, 0.25) is 0 Å². The molecule has 0 bridgehead atoms. The summed E-state index contributed by atoms with van der Waals surface area (Å²) in [4.78, 5) is 38.3. The second-order valence-corrected chi connectivity index (χ2v) is 21.6. The molecule has 0 aliphatic rings. The first-order valence-electron chi connectivity index (χ1n) is 33.3. The van der Waals surface area contributed by atoms with Gasteiger partial charge >= 0.3 is 17.9 Å². The molecule has 1 atom stereocenters. The van der Waals surface area contributed by atoms with Gasteiger partial charge in [-0.15, -0.1) is 0 Å². The average molecular weight is 1120 g/mol. The highest BCUT2D eigenvalue weighted by Crippen LogP contribution is 2.16. The lowest BCUT2D eigenvalue weighted by Gasteiger charge is -2.18. The maximum absolute atomic E-state index is 12.9. The van der Waals surface area contributed by atoms with E-state index in [9.17, 15) is 14.4 Å². The van der Waals surface area contributed by atoms with Gasteiger partial charge in [0.15, 0.2) is 6.10 Å². The van der Waals surface area contributed by atoms with Gasteiger partial charge in [-0.3, -0.25) is 14.4 Å². The van der Waals surface area contributed by atoms with Crippen LogP contribution in [0.25, 0.3) is 0 Å². The van der Waals surface area contributed by atoms with Crippen molar-refractivity contribution < 1.29 is 28.6 Å². The Balaban J connectivity index is 4.44. The van der Waals surface area contributed by atoms with E-state index in [0.29, 0.717) is 19.3 Å².